The van der Waals surface area contributed by atoms with Gasteiger partial charge in [-0.1, -0.05) is 28.9 Å². The van der Waals surface area contributed by atoms with Crippen LogP contribution >= 0.6 is 15.9 Å². The van der Waals surface area contributed by atoms with Gasteiger partial charge in [-0.05, 0) is 49.7 Å². The molecule has 6 heteroatoms. The number of amides is 2. The monoisotopic (exact) mass is 414 g/mol. The maximum Gasteiger partial charge on any atom is 0.291 e. The fourth-order valence-electron chi connectivity index (χ4n) is 2.68. The molecule has 5 nitrogen and oxygen atoms in total. The van der Waals surface area contributed by atoms with Crippen molar-refractivity contribution < 1.29 is 14.0 Å². The van der Waals surface area contributed by atoms with E-state index in [2.05, 4.69) is 26.6 Å². The quantitative estimate of drug-likeness (QED) is 0.623. The molecule has 0 aliphatic heterocycles. The molecule has 0 spiro atoms. The van der Waals surface area contributed by atoms with E-state index in [9.17, 15) is 9.59 Å². The van der Waals surface area contributed by atoms with Gasteiger partial charge in [-0.3, -0.25) is 9.59 Å². The van der Waals surface area contributed by atoms with Gasteiger partial charge in [0.25, 0.3) is 11.8 Å². The lowest BCUT2D eigenvalue weighted by molar-refractivity contribution is 0.0951. The highest BCUT2D eigenvalue weighted by Gasteiger charge is 2.18. The van der Waals surface area contributed by atoms with E-state index in [4.69, 9.17) is 4.42 Å². The predicted molar refractivity (Wildman–Crippen MR) is 106 cm³/mol. The van der Waals surface area contributed by atoms with Crippen LogP contribution in [0, 0.1) is 6.92 Å². The van der Waals surface area contributed by atoms with Crippen LogP contribution in [0.4, 0.5) is 5.69 Å². The molecule has 2 N–H and O–H groups in total. The molecular formula is C20H19BrN2O3. The molecule has 2 amide bonds. The maximum atomic E-state index is 12.6. The smallest absolute Gasteiger partial charge is 0.291 e. The van der Waals surface area contributed by atoms with Crippen molar-refractivity contribution in [2.45, 2.75) is 20.3 Å². The summed E-state index contributed by atoms with van der Waals surface area (Å²) in [5.41, 5.74) is 2.47. The third kappa shape index (κ3) is 3.80. The van der Waals surface area contributed by atoms with Crippen LogP contribution in [0.15, 0.2) is 51.4 Å². The summed E-state index contributed by atoms with van der Waals surface area (Å²) in [4.78, 5) is 24.7. The fourth-order valence-corrected chi connectivity index (χ4v) is 3.04. The second-order valence-corrected chi connectivity index (χ2v) is 6.90. The fraction of sp³-hybridized carbons (Fsp3) is 0.200. The van der Waals surface area contributed by atoms with E-state index in [1.165, 1.54) is 0 Å². The van der Waals surface area contributed by atoms with Gasteiger partial charge in [-0.25, -0.2) is 0 Å². The van der Waals surface area contributed by atoms with Crippen LogP contribution < -0.4 is 10.6 Å². The lowest BCUT2D eigenvalue weighted by atomic mass is 10.1. The summed E-state index contributed by atoms with van der Waals surface area (Å²) in [6.07, 6.45) is 0.865. The van der Waals surface area contributed by atoms with E-state index in [1.807, 2.05) is 32.0 Å². The van der Waals surface area contributed by atoms with Crippen molar-refractivity contribution in [3.8, 4) is 0 Å². The number of rotatable bonds is 5. The van der Waals surface area contributed by atoms with Crippen LogP contribution in [0.2, 0.25) is 0 Å². The maximum absolute atomic E-state index is 12.6. The van der Waals surface area contributed by atoms with Gasteiger partial charge < -0.3 is 15.1 Å². The Morgan fingerprint density at radius 3 is 2.69 bits per heavy atom. The van der Waals surface area contributed by atoms with Crippen molar-refractivity contribution in [2.24, 2.45) is 0 Å². The Labute approximate surface area is 159 Å². The van der Waals surface area contributed by atoms with Gasteiger partial charge in [0.1, 0.15) is 5.58 Å². The molecule has 0 aliphatic carbocycles. The molecule has 1 aromatic heterocycles. The van der Waals surface area contributed by atoms with Gasteiger partial charge in [0, 0.05) is 33.2 Å². The highest BCUT2D eigenvalue weighted by atomic mass is 79.9. The molecule has 26 heavy (non-hydrogen) atoms. The number of nitrogens with one attached hydrogen (secondary N) is 2. The Morgan fingerprint density at radius 1 is 1.12 bits per heavy atom. The SMILES string of the molecule is CCCNC(=O)c1cccc(NC(=O)c2oc3ccc(Br)cc3c2C)c1. The van der Waals surface area contributed by atoms with Gasteiger partial charge in [0.15, 0.2) is 5.76 Å². The molecule has 2 aromatic carbocycles. The predicted octanol–water partition coefficient (Wildman–Crippen LogP) is 4.90. The minimum absolute atomic E-state index is 0.160. The second kappa shape index (κ2) is 7.74. The zero-order chi connectivity index (χ0) is 18.7. The van der Waals surface area contributed by atoms with Crippen molar-refractivity contribution in [3.63, 3.8) is 0 Å². The van der Waals surface area contributed by atoms with E-state index in [0.29, 0.717) is 23.4 Å². The first-order valence-corrected chi connectivity index (χ1v) is 9.17. The van der Waals surface area contributed by atoms with E-state index in [-0.39, 0.29) is 17.6 Å². The van der Waals surface area contributed by atoms with E-state index in [0.717, 1.165) is 21.8 Å². The topological polar surface area (TPSA) is 71.3 Å². The van der Waals surface area contributed by atoms with Crippen molar-refractivity contribution in [1.82, 2.24) is 5.32 Å². The van der Waals surface area contributed by atoms with Gasteiger partial charge in [-0.2, -0.15) is 0 Å². The molecule has 0 aliphatic rings. The zero-order valence-corrected chi connectivity index (χ0v) is 16.1. The van der Waals surface area contributed by atoms with Crippen LogP contribution in [0.25, 0.3) is 11.0 Å². The largest absolute Gasteiger partial charge is 0.451 e. The number of fused-ring (bicyclic) bond motifs is 1. The molecule has 134 valence electrons. The molecule has 3 rings (SSSR count). The zero-order valence-electron chi connectivity index (χ0n) is 14.6. The van der Waals surface area contributed by atoms with Gasteiger partial charge >= 0.3 is 0 Å². The molecule has 0 unspecified atom stereocenters. The third-order valence-corrected chi connectivity index (χ3v) is 4.52. The van der Waals surface area contributed by atoms with Gasteiger partial charge in [0.2, 0.25) is 0 Å². The minimum atomic E-state index is -0.346. The molecular weight excluding hydrogens is 396 g/mol. The van der Waals surface area contributed by atoms with Crippen LogP contribution in [0.5, 0.6) is 0 Å². The van der Waals surface area contributed by atoms with E-state index < -0.39 is 0 Å². The molecule has 0 radical (unpaired) electrons. The summed E-state index contributed by atoms with van der Waals surface area (Å²) < 4.78 is 6.63. The number of furan rings is 1. The van der Waals surface area contributed by atoms with Gasteiger partial charge in [0.05, 0.1) is 0 Å². The minimum Gasteiger partial charge on any atom is -0.451 e. The average Bonchev–Trinajstić information content (AvgIpc) is 2.96. The van der Waals surface area contributed by atoms with Crippen LogP contribution in [-0.4, -0.2) is 18.4 Å². The average molecular weight is 415 g/mol. The molecule has 0 atom stereocenters. The summed E-state index contributed by atoms with van der Waals surface area (Å²) >= 11 is 3.43. The Hall–Kier alpha value is -2.60. The molecule has 0 saturated carbocycles. The van der Waals surface area contributed by atoms with Crippen molar-refractivity contribution in [1.29, 1.82) is 0 Å². The normalized spacial score (nSPS) is 10.7. The first-order chi connectivity index (χ1) is 12.5. The molecule has 1 heterocycles. The Balaban J connectivity index is 1.82. The first kappa shape index (κ1) is 18.2. The van der Waals surface area contributed by atoms with Crippen LogP contribution in [0.1, 0.15) is 39.8 Å². The highest BCUT2D eigenvalue weighted by molar-refractivity contribution is 9.10. The van der Waals surface area contributed by atoms with Crippen molar-refractivity contribution >= 4 is 44.4 Å². The molecule has 0 saturated heterocycles. The van der Waals surface area contributed by atoms with Gasteiger partial charge in [-0.15, -0.1) is 0 Å². The van der Waals surface area contributed by atoms with E-state index >= 15 is 0 Å². The number of hydrogen-bond donors (Lipinski definition) is 2. The standard InChI is InChI=1S/C20H19BrN2O3/c1-3-9-22-19(24)13-5-4-6-15(10-13)23-20(25)18-12(2)16-11-14(21)7-8-17(16)26-18/h4-8,10-11H,3,9H2,1-2H3,(H,22,24)(H,23,25). The summed E-state index contributed by atoms with van der Waals surface area (Å²) in [6, 6.07) is 12.4. The number of carbonyl (C=O) groups is 2. The number of benzene rings is 2. The number of carbonyl (C=O) groups excluding carboxylic acids is 2. The van der Waals surface area contributed by atoms with Crippen molar-refractivity contribution in [3.05, 3.63) is 63.8 Å². The molecule has 0 fully saturated rings. The number of anilines is 1. The lowest BCUT2D eigenvalue weighted by Crippen LogP contribution is -2.24. The van der Waals surface area contributed by atoms with Crippen LogP contribution in [-0.2, 0) is 0 Å². The number of hydrogen-bond acceptors (Lipinski definition) is 3. The summed E-state index contributed by atoms with van der Waals surface area (Å²) in [7, 11) is 0. The van der Waals surface area contributed by atoms with Crippen LogP contribution in [0.3, 0.4) is 0 Å². The summed E-state index contributed by atoms with van der Waals surface area (Å²) in [6.45, 7) is 4.45. The second-order valence-electron chi connectivity index (χ2n) is 5.99. The van der Waals surface area contributed by atoms with E-state index in [1.54, 1.807) is 24.3 Å². The summed E-state index contributed by atoms with van der Waals surface area (Å²) in [5.74, 6) is -0.243. The first-order valence-electron chi connectivity index (χ1n) is 8.38. The van der Waals surface area contributed by atoms with Crippen molar-refractivity contribution in [2.75, 3.05) is 11.9 Å². The Bertz CT molecular complexity index is 978. The number of aryl methyl sites for hydroxylation is 1. The molecule has 0 bridgehead atoms. The lowest BCUT2D eigenvalue weighted by Gasteiger charge is -2.07. The number of halogens is 1. The Kier molecular flexibility index (Phi) is 5.42. The third-order valence-electron chi connectivity index (χ3n) is 4.02. The highest BCUT2D eigenvalue weighted by Crippen LogP contribution is 2.28. The molecule has 3 aromatic rings. The summed E-state index contributed by atoms with van der Waals surface area (Å²) in [5, 5.41) is 6.51. The Morgan fingerprint density at radius 2 is 1.92 bits per heavy atom.